The molecule has 0 atom stereocenters. The molecule has 0 fully saturated rings. The number of carboxylic acids is 1. The van der Waals surface area contributed by atoms with Gasteiger partial charge >= 0.3 is 12.0 Å². The number of rotatable bonds is 13. The number of primary amides is 1. The van der Waals surface area contributed by atoms with E-state index in [2.05, 4.69) is 20.1 Å². The van der Waals surface area contributed by atoms with Gasteiger partial charge in [0.2, 0.25) is 11.7 Å². The second kappa shape index (κ2) is 14.0. The van der Waals surface area contributed by atoms with Gasteiger partial charge in [0.25, 0.3) is 6.43 Å². The molecule has 0 bridgehead atoms. The van der Waals surface area contributed by atoms with E-state index in [0.29, 0.717) is 33.6 Å². The molecule has 0 spiro atoms. The van der Waals surface area contributed by atoms with Crippen LogP contribution < -0.4 is 25.8 Å². The van der Waals surface area contributed by atoms with Crippen molar-refractivity contribution in [3.63, 3.8) is 0 Å². The summed E-state index contributed by atoms with van der Waals surface area (Å²) in [5.74, 6) is -1.96. The van der Waals surface area contributed by atoms with Crippen molar-refractivity contribution in [2.45, 2.75) is 26.2 Å². The molecular formula is C34H29F3N8O6. The number of fused-ring (bicyclic) bond motifs is 1. The van der Waals surface area contributed by atoms with Crippen molar-refractivity contribution in [3.05, 3.63) is 101 Å². The van der Waals surface area contributed by atoms with E-state index in [-0.39, 0.29) is 53.1 Å². The second-order valence-corrected chi connectivity index (χ2v) is 11.3. The maximum Gasteiger partial charge on any atom is 0.326 e. The van der Waals surface area contributed by atoms with Crippen molar-refractivity contribution in [1.82, 2.24) is 24.7 Å². The number of para-hydroxylation sites is 1. The number of nitrogen functional groups attached to an aromatic ring is 1. The average molecular weight is 703 g/mol. The van der Waals surface area contributed by atoms with Crippen molar-refractivity contribution in [3.8, 4) is 22.9 Å². The number of urea groups is 1. The Morgan fingerprint density at radius 2 is 1.82 bits per heavy atom. The van der Waals surface area contributed by atoms with E-state index in [1.54, 1.807) is 37.3 Å². The normalized spacial score (nSPS) is 11.2. The number of carbonyl (C=O) groups is 3. The molecule has 3 aromatic heterocycles. The number of nitrogens with zero attached hydrogens (tertiary/aromatic N) is 4. The van der Waals surface area contributed by atoms with Crippen molar-refractivity contribution in [1.29, 1.82) is 0 Å². The number of nitrogens with two attached hydrogens (primary N) is 2. The van der Waals surface area contributed by atoms with Crippen LogP contribution in [-0.2, 0) is 11.2 Å². The Kier molecular flexibility index (Phi) is 9.35. The number of hydrogen-bond acceptors (Lipinski definition) is 8. The number of hydrogen-bond donors (Lipinski definition) is 5. The highest BCUT2D eigenvalue weighted by molar-refractivity contribution is 6.13. The Hall–Kier alpha value is -6.78. The number of carboxylic acid groups (broad SMARTS) is 1. The van der Waals surface area contributed by atoms with E-state index in [9.17, 15) is 27.6 Å². The minimum absolute atomic E-state index is 0.0163. The van der Waals surface area contributed by atoms with Crippen LogP contribution in [0.2, 0.25) is 0 Å². The van der Waals surface area contributed by atoms with Gasteiger partial charge in [-0.25, -0.2) is 32.5 Å². The lowest BCUT2D eigenvalue weighted by Crippen LogP contribution is -2.32. The summed E-state index contributed by atoms with van der Waals surface area (Å²) >= 11 is 0. The van der Waals surface area contributed by atoms with Crippen LogP contribution in [0.1, 0.15) is 33.7 Å². The number of ether oxygens (including phenoxy) is 2. The standard InChI is InChI=1S/C34H29F3N8O6/c1-17-10-20(51-27-5-3-2-4-22(27)35)7-8-25(17)45-32(38)21(15-41-45)31(48)24-11-18-12-28(50-16-29(36)37)26(13-23(18)43-24)44(33(39)49)34-40-14-19(42-34)6-9-30(46)47/h2-5,7-8,10-15,29,43H,6,9,16,38H2,1H3,(H2,39,49)(H,40,42)(H,46,47). The maximum absolute atomic E-state index is 14.1. The summed E-state index contributed by atoms with van der Waals surface area (Å²) in [5.41, 5.74) is 14.0. The van der Waals surface area contributed by atoms with Crippen LogP contribution >= 0.6 is 0 Å². The first-order chi connectivity index (χ1) is 24.4. The van der Waals surface area contributed by atoms with Crippen molar-refractivity contribution < 1.29 is 42.1 Å². The van der Waals surface area contributed by atoms with Gasteiger partial charge in [0.1, 0.15) is 23.9 Å². The number of aryl methyl sites for hydroxylation is 2. The van der Waals surface area contributed by atoms with Crippen LogP contribution in [0, 0.1) is 12.7 Å². The third-order valence-electron chi connectivity index (χ3n) is 7.72. The molecule has 17 heteroatoms. The van der Waals surface area contributed by atoms with Crippen LogP contribution in [0.4, 0.5) is 35.4 Å². The van der Waals surface area contributed by atoms with E-state index in [1.807, 2.05) is 0 Å². The molecule has 6 aromatic rings. The average Bonchev–Trinajstić information content (AvgIpc) is 3.82. The van der Waals surface area contributed by atoms with E-state index in [1.165, 1.54) is 47.4 Å². The number of imidazole rings is 1. The van der Waals surface area contributed by atoms with Crippen molar-refractivity contribution >= 4 is 46.1 Å². The largest absolute Gasteiger partial charge is 0.485 e. The van der Waals surface area contributed by atoms with E-state index < -0.39 is 36.6 Å². The number of carbonyl (C=O) groups excluding carboxylic acids is 2. The molecule has 3 heterocycles. The monoisotopic (exact) mass is 702 g/mol. The van der Waals surface area contributed by atoms with Gasteiger partial charge in [-0.3, -0.25) is 9.59 Å². The van der Waals surface area contributed by atoms with Crippen LogP contribution in [-0.4, -0.2) is 60.7 Å². The van der Waals surface area contributed by atoms with Gasteiger partial charge in [-0.1, -0.05) is 12.1 Å². The summed E-state index contributed by atoms with van der Waals surface area (Å²) in [6, 6.07) is 14.0. The molecule has 6 rings (SSSR count). The number of amides is 2. The highest BCUT2D eigenvalue weighted by Gasteiger charge is 2.26. The molecule has 7 N–H and O–H groups in total. The fourth-order valence-electron chi connectivity index (χ4n) is 5.33. The number of halogens is 3. The van der Waals surface area contributed by atoms with Gasteiger partial charge in [0.15, 0.2) is 11.6 Å². The molecular weight excluding hydrogens is 673 g/mol. The van der Waals surface area contributed by atoms with Gasteiger partial charge in [0, 0.05) is 16.6 Å². The Balaban J connectivity index is 1.31. The molecule has 0 unspecified atom stereocenters. The molecule has 262 valence electrons. The first-order valence-electron chi connectivity index (χ1n) is 15.2. The summed E-state index contributed by atoms with van der Waals surface area (Å²) in [6.45, 7) is 0.749. The number of anilines is 3. The van der Waals surface area contributed by atoms with Gasteiger partial charge in [0.05, 0.1) is 41.4 Å². The van der Waals surface area contributed by atoms with Crippen LogP contribution in [0.5, 0.6) is 17.2 Å². The van der Waals surface area contributed by atoms with E-state index >= 15 is 0 Å². The molecule has 0 aliphatic heterocycles. The number of aliphatic carboxylic acids is 1. The zero-order chi connectivity index (χ0) is 36.4. The molecule has 0 radical (unpaired) electrons. The van der Waals surface area contributed by atoms with Crippen LogP contribution in [0.3, 0.4) is 0 Å². The number of H-pyrrole nitrogens is 2. The SMILES string of the molecule is Cc1cc(Oc2ccccc2F)ccc1-n1ncc(C(=O)c2cc3cc(OCC(F)F)c(N(C(N)=O)c4ncc(CCC(=O)O)[nH]4)cc3[nH]2)c1N. The lowest BCUT2D eigenvalue weighted by molar-refractivity contribution is -0.137. The first-order valence-corrected chi connectivity index (χ1v) is 15.2. The zero-order valence-corrected chi connectivity index (χ0v) is 26.7. The summed E-state index contributed by atoms with van der Waals surface area (Å²) in [5, 5.41) is 13.7. The topological polar surface area (TPSA) is 207 Å². The smallest absolute Gasteiger partial charge is 0.326 e. The predicted molar refractivity (Wildman–Crippen MR) is 179 cm³/mol. The number of aromatic nitrogens is 5. The molecule has 3 aromatic carbocycles. The number of ketones is 1. The van der Waals surface area contributed by atoms with Crippen molar-refractivity contribution in [2.75, 3.05) is 17.2 Å². The summed E-state index contributed by atoms with van der Waals surface area (Å²) < 4.78 is 52.9. The van der Waals surface area contributed by atoms with Gasteiger partial charge in [-0.2, -0.15) is 5.10 Å². The molecule has 51 heavy (non-hydrogen) atoms. The molecule has 0 saturated carbocycles. The third kappa shape index (κ3) is 7.17. The number of aromatic amines is 2. The van der Waals surface area contributed by atoms with Gasteiger partial charge < -0.3 is 36.0 Å². The highest BCUT2D eigenvalue weighted by atomic mass is 19.3. The Morgan fingerprint density at radius 1 is 1.04 bits per heavy atom. The Labute approximate surface area is 286 Å². The summed E-state index contributed by atoms with van der Waals surface area (Å²) in [7, 11) is 0. The fourth-order valence-corrected chi connectivity index (χ4v) is 5.33. The van der Waals surface area contributed by atoms with Crippen molar-refractivity contribution in [2.24, 2.45) is 5.73 Å². The number of nitrogens with one attached hydrogen (secondary N) is 2. The lowest BCUT2D eigenvalue weighted by Gasteiger charge is -2.21. The second-order valence-electron chi connectivity index (χ2n) is 11.3. The number of alkyl halides is 2. The van der Waals surface area contributed by atoms with Gasteiger partial charge in [-0.15, -0.1) is 0 Å². The van der Waals surface area contributed by atoms with E-state index in [0.717, 1.165) is 4.90 Å². The summed E-state index contributed by atoms with van der Waals surface area (Å²) in [6.07, 6.45) is -0.392. The molecule has 14 nitrogen and oxygen atoms in total. The minimum atomic E-state index is -2.86. The van der Waals surface area contributed by atoms with E-state index in [4.69, 9.17) is 26.0 Å². The lowest BCUT2D eigenvalue weighted by atomic mass is 10.1. The quantitative estimate of drug-likeness (QED) is 0.0892. The molecule has 0 aliphatic rings. The zero-order valence-electron chi connectivity index (χ0n) is 26.7. The highest BCUT2D eigenvalue weighted by Crippen LogP contribution is 2.38. The maximum atomic E-state index is 14.1. The van der Waals surface area contributed by atoms with Gasteiger partial charge in [-0.05, 0) is 67.4 Å². The van der Waals surface area contributed by atoms with Crippen LogP contribution in [0.25, 0.3) is 16.6 Å². The number of benzene rings is 3. The minimum Gasteiger partial charge on any atom is -0.485 e. The van der Waals surface area contributed by atoms with Crippen LogP contribution in [0.15, 0.2) is 73.1 Å². The summed E-state index contributed by atoms with van der Waals surface area (Å²) in [4.78, 5) is 48.2. The fraction of sp³-hybridized carbons (Fsp3) is 0.147. The first kappa shape index (κ1) is 34.1. The Bertz CT molecular complexity index is 2280. The molecule has 0 aliphatic carbocycles. The molecule has 2 amide bonds. The predicted octanol–water partition coefficient (Wildman–Crippen LogP) is 6.01. The molecule has 0 saturated heterocycles. The Morgan fingerprint density at radius 3 is 2.53 bits per heavy atom. The third-order valence-corrected chi connectivity index (χ3v) is 7.72.